The van der Waals surface area contributed by atoms with Gasteiger partial charge in [0.25, 0.3) is 5.69 Å². The van der Waals surface area contributed by atoms with Gasteiger partial charge in [-0.15, -0.1) is 0 Å². The number of nitrogens with zero attached hydrogens (tertiary/aromatic N) is 2. The van der Waals surface area contributed by atoms with Crippen molar-refractivity contribution in [1.29, 1.82) is 0 Å². The van der Waals surface area contributed by atoms with Gasteiger partial charge in [0, 0.05) is 18.5 Å². The summed E-state index contributed by atoms with van der Waals surface area (Å²) in [7, 11) is 0. The molecule has 23 heavy (non-hydrogen) atoms. The van der Waals surface area contributed by atoms with Crippen molar-refractivity contribution < 1.29 is 14.9 Å². The van der Waals surface area contributed by atoms with Crippen LogP contribution >= 0.6 is 11.6 Å². The van der Waals surface area contributed by atoms with Crippen molar-refractivity contribution in [3.63, 3.8) is 0 Å². The molecule has 1 heterocycles. The number of halogens is 1. The lowest BCUT2D eigenvalue weighted by Gasteiger charge is -2.30. The van der Waals surface area contributed by atoms with Crippen LogP contribution in [0.1, 0.15) is 25.3 Å². The van der Waals surface area contributed by atoms with Gasteiger partial charge < -0.3 is 15.3 Å². The summed E-state index contributed by atoms with van der Waals surface area (Å²) in [6, 6.07) is 6.05. The summed E-state index contributed by atoms with van der Waals surface area (Å²) in [5.74, 6) is 0.114. The van der Waals surface area contributed by atoms with Gasteiger partial charge in [0.15, 0.2) is 11.3 Å². The van der Waals surface area contributed by atoms with Gasteiger partial charge in [-0.25, -0.2) is 0 Å². The van der Waals surface area contributed by atoms with E-state index in [1.54, 1.807) is 19.1 Å². The smallest absolute Gasteiger partial charge is 0.279 e. The Balaban J connectivity index is 2.14. The molecule has 7 nitrogen and oxygen atoms in total. The van der Waals surface area contributed by atoms with Crippen molar-refractivity contribution >= 4 is 22.5 Å². The average molecular weight is 342 g/mol. The number of hydrogen-bond donors (Lipinski definition) is 2. The fourth-order valence-electron chi connectivity index (χ4n) is 2.69. The summed E-state index contributed by atoms with van der Waals surface area (Å²) in [5, 5.41) is 27.9. The van der Waals surface area contributed by atoms with Crippen LogP contribution in [0.5, 0.6) is 0 Å². The quantitative estimate of drug-likeness (QED) is 0.470. The summed E-state index contributed by atoms with van der Waals surface area (Å²) in [5.41, 5.74) is 0.0445. The minimum atomic E-state index is -0.723. The number of nitrogens with one attached hydrogen (secondary N) is 1. The summed E-state index contributed by atoms with van der Waals surface area (Å²) in [4.78, 5) is 15.9. The molecule has 3 atom stereocenters. The van der Waals surface area contributed by atoms with Crippen molar-refractivity contribution in [2.75, 3.05) is 13.1 Å². The number of piperidine rings is 1. The van der Waals surface area contributed by atoms with E-state index in [-0.39, 0.29) is 22.3 Å². The van der Waals surface area contributed by atoms with E-state index in [1.165, 1.54) is 12.1 Å². The van der Waals surface area contributed by atoms with Gasteiger partial charge in [-0.1, -0.05) is 28.9 Å². The van der Waals surface area contributed by atoms with Gasteiger partial charge in [0.2, 0.25) is 0 Å². The maximum absolute atomic E-state index is 11.0. The molecule has 1 aliphatic rings. The molecular formula is C15H20ClN3O4. The van der Waals surface area contributed by atoms with Crippen LogP contribution in [0.4, 0.5) is 5.69 Å². The third kappa shape index (κ3) is 4.63. The first-order chi connectivity index (χ1) is 11.0. The second-order valence-electron chi connectivity index (χ2n) is 5.57. The summed E-state index contributed by atoms with van der Waals surface area (Å²) < 4.78 is 0. The molecule has 1 aromatic carbocycles. The maximum atomic E-state index is 11.0. The van der Waals surface area contributed by atoms with E-state index in [9.17, 15) is 15.2 Å². The Morgan fingerprint density at radius 3 is 2.91 bits per heavy atom. The highest BCUT2D eigenvalue weighted by molar-refractivity contribution is 6.69. The average Bonchev–Trinajstić information content (AvgIpc) is 2.55. The SMILES string of the molecule is CC(O)C(ON=C(Cl)c1ccccc1[N+](=O)[O-])C1CCCNC1. The zero-order valence-electron chi connectivity index (χ0n) is 12.8. The van der Waals surface area contributed by atoms with Gasteiger partial charge in [-0.2, -0.15) is 0 Å². The summed E-state index contributed by atoms with van der Waals surface area (Å²) in [6.45, 7) is 3.31. The van der Waals surface area contributed by atoms with Crippen LogP contribution in [0, 0.1) is 16.0 Å². The molecule has 2 N–H and O–H groups in total. The molecule has 1 fully saturated rings. The summed E-state index contributed by atoms with van der Waals surface area (Å²) in [6.07, 6.45) is 0.679. The van der Waals surface area contributed by atoms with E-state index in [2.05, 4.69) is 10.5 Å². The maximum Gasteiger partial charge on any atom is 0.279 e. The van der Waals surface area contributed by atoms with Crippen LogP contribution in [-0.4, -0.2) is 40.5 Å². The Kier molecular flexibility index (Phi) is 6.32. The van der Waals surface area contributed by atoms with Crippen molar-refractivity contribution in [2.24, 2.45) is 11.1 Å². The third-order valence-electron chi connectivity index (χ3n) is 3.85. The molecular weight excluding hydrogens is 322 g/mol. The lowest BCUT2D eigenvalue weighted by atomic mass is 9.91. The van der Waals surface area contributed by atoms with Crippen LogP contribution in [0.15, 0.2) is 29.4 Å². The zero-order chi connectivity index (χ0) is 16.8. The van der Waals surface area contributed by atoms with E-state index in [0.717, 1.165) is 25.9 Å². The Hall–Kier alpha value is -1.70. The fraction of sp³-hybridized carbons (Fsp3) is 0.533. The second-order valence-corrected chi connectivity index (χ2v) is 5.93. The van der Waals surface area contributed by atoms with E-state index in [1.807, 2.05) is 0 Å². The largest absolute Gasteiger partial charge is 0.389 e. The fourth-order valence-corrected chi connectivity index (χ4v) is 2.89. The highest BCUT2D eigenvalue weighted by Crippen LogP contribution is 2.23. The minimum absolute atomic E-state index is 0.105. The monoisotopic (exact) mass is 341 g/mol. The second kappa shape index (κ2) is 8.24. The molecule has 126 valence electrons. The number of aliphatic hydroxyl groups excluding tert-OH is 1. The Morgan fingerprint density at radius 1 is 1.57 bits per heavy atom. The highest BCUT2D eigenvalue weighted by Gasteiger charge is 2.29. The molecule has 0 aliphatic carbocycles. The van der Waals surface area contributed by atoms with E-state index >= 15 is 0 Å². The van der Waals surface area contributed by atoms with Crippen LogP contribution < -0.4 is 5.32 Å². The molecule has 0 aromatic heterocycles. The first-order valence-corrected chi connectivity index (χ1v) is 7.90. The standard InChI is InChI=1S/C15H20ClN3O4/c1-10(20)14(11-5-4-8-17-9-11)23-18-15(16)12-6-2-3-7-13(12)19(21)22/h2-3,6-7,10-11,14,17,20H,4-5,8-9H2,1H3. The molecule has 8 heteroatoms. The minimum Gasteiger partial charge on any atom is -0.389 e. The first kappa shape index (κ1) is 17.7. The van der Waals surface area contributed by atoms with Crippen LogP contribution in [0.3, 0.4) is 0 Å². The van der Waals surface area contributed by atoms with Gasteiger partial charge >= 0.3 is 0 Å². The van der Waals surface area contributed by atoms with Crippen LogP contribution in [-0.2, 0) is 4.84 Å². The lowest BCUT2D eigenvalue weighted by Crippen LogP contribution is -2.42. The van der Waals surface area contributed by atoms with Gasteiger partial charge in [-0.3, -0.25) is 10.1 Å². The highest BCUT2D eigenvalue weighted by atomic mass is 35.5. The predicted octanol–water partition coefficient (Wildman–Crippen LogP) is 2.26. The van der Waals surface area contributed by atoms with Crippen molar-refractivity contribution in [3.05, 3.63) is 39.9 Å². The first-order valence-electron chi connectivity index (χ1n) is 7.52. The Morgan fingerprint density at radius 2 is 2.30 bits per heavy atom. The number of oxime groups is 1. The molecule has 1 aromatic rings. The van der Waals surface area contributed by atoms with Crippen LogP contribution in [0.2, 0.25) is 0 Å². The molecule has 1 saturated heterocycles. The number of nitro groups is 1. The van der Waals surface area contributed by atoms with E-state index in [0.29, 0.717) is 0 Å². The molecule has 3 unspecified atom stereocenters. The van der Waals surface area contributed by atoms with Gasteiger partial charge in [0.05, 0.1) is 16.6 Å². The number of benzene rings is 1. The predicted molar refractivity (Wildman–Crippen MR) is 87.6 cm³/mol. The van der Waals surface area contributed by atoms with Gasteiger partial charge in [0.1, 0.15) is 0 Å². The van der Waals surface area contributed by atoms with Crippen LogP contribution in [0.25, 0.3) is 0 Å². The molecule has 1 aliphatic heterocycles. The number of hydrogen-bond acceptors (Lipinski definition) is 6. The topological polar surface area (TPSA) is 97.0 Å². The molecule has 0 amide bonds. The van der Waals surface area contributed by atoms with Gasteiger partial charge in [-0.05, 0) is 32.4 Å². The number of rotatable bonds is 6. The summed E-state index contributed by atoms with van der Waals surface area (Å²) >= 11 is 6.07. The number of aliphatic hydroxyl groups is 1. The van der Waals surface area contributed by atoms with Crippen molar-refractivity contribution in [3.8, 4) is 0 Å². The zero-order valence-corrected chi connectivity index (χ0v) is 13.6. The number of para-hydroxylation sites is 1. The molecule has 0 radical (unpaired) electrons. The van der Waals surface area contributed by atoms with E-state index < -0.39 is 17.1 Å². The van der Waals surface area contributed by atoms with E-state index in [4.69, 9.17) is 16.4 Å². The molecule has 0 bridgehead atoms. The van der Waals surface area contributed by atoms with Crippen molar-refractivity contribution in [2.45, 2.75) is 32.0 Å². The Bertz CT molecular complexity index is 574. The molecule has 0 spiro atoms. The molecule has 2 rings (SSSR count). The normalized spacial score (nSPS) is 21.5. The van der Waals surface area contributed by atoms with Crippen molar-refractivity contribution in [1.82, 2.24) is 5.32 Å². The Labute approximate surface area is 139 Å². The number of nitro benzene ring substituents is 1. The lowest BCUT2D eigenvalue weighted by molar-refractivity contribution is -0.385. The third-order valence-corrected chi connectivity index (χ3v) is 4.13. The molecule has 0 saturated carbocycles.